The molecule has 2 nitrogen and oxygen atoms in total. The summed E-state index contributed by atoms with van der Waals surface area (Å²) in [5.74, 6) is 1.93. The summed E-state index contributed by atoms with van der Waals surface area (Å²) in [6, 6.07) is 0. The first kappa shape index (κ1) is 5.96. The van der Waals surface area contributed by atoms with Gasteiger partial charge in [0.1, 0.15) is 5.82 Å². The summed E-state index contributed by atoms with van der Waals surface area (Å²) in [4.78, 5) is 4.20. The van der Waals surface area contributed by atoms with E-state index in [4.69, 9.17) is 0 Å². The molecule has 2 rings (SSSR count). The Bertz CT molecular complexity index is 223. The maximum absolute atomic E-state index is 4.20. The molecule has 1 aromatic rings. The maximum atomic E-state index is 4.20. The van der Waals surface area contributed by atoms with Crippen molar-refractivity contribution < 1.29 is 0 Å². The van der Waals surface area contributed by atoms with Crippen LogP contribution in [-0.4, -0.2) is 9.55 Å². The minimum Gasteiger partial charge on any atom is -0.338 e. The third-order valence-electron chi connectivity index (χ3n) is 1.87. The Hall–Kier alpha value is -0.790. The van der Waals surface area contributed by atoms with E-state index in [-0.39, 0.29) is 0 Å². The number of imidazole rings is 1. The molecule has 0 atom stereocenters. The van der Waals surface area contributed by atoms with Gasteiger partial charge in [-0.3, -0.25) is 0 Å². The molecule has 1 fully saturated rings. The van der Waals surface area contributed by atoms with Crippen LogP contribution < -0.4 is 0 Å². The van der Waals surface area contributed by atoms with Gasteiger partial charge in [0, 0.05) is 25.9 Å². The molecule has 10 heavy (non-hydrogen) atoms. The molecular weight excluding hydrogens is 124 g/mol. The molecule has 1 aliphatic carbocycles. The summed E-state index contributed by atoms with van der Waals surface area (Å²) in [5, 5.41) is 0. The van der Waals surface area contributed by atoms with Crippen molar-refractivity contribution in [2.45, 2.75) is 12.8 Å². The van der Waals surface area contributed by atoms with Gasteiger partial charge in [-0.15, -0.1) is 0 Å². The predicted molar refractivity (Wildman–Crippen MR) is 39.3 cm³/mol. The standard InChI is InChI=1S/C8H11N2/c1-10-5-4-9-8(10)6-7-2-3-7/h4-7H,2-3H2,1H3. The van der Waals surface area contributed by atoms with Crippen LogP contribution in [0.25, 0.3) is 0 Å². The Morgan fingerprint density at radius 2 is 2.50 bits per heavy atom. The molecule has 0 aromatic carbocycles. The Labute approximate surface area is 60.9 Å². The van der Waals surface area contributed by atoms with Crippen molar-refractivity contribution in [1.82, 2.24) is 9.55 Å². The van der Waals surface area contributed by atoms with E-state index in [0.717, 1.165) is 11.7 Å². The molecule has 1 saturated carbocycles. The van der Waals surface area contributed by atoms with Crippen molar-refractivity contribution >= 4 is 0 Å². The van der Waals surface area contributed by atoms with E-state index < -0.39 is 0 Å². The Balaban J connectivity index is 2.08. The average Bonchev–Trinajstić information content (AvgIpc) is 2.62. The van der Waals surface area contributed by atoms with Crippen LogP contribution in [-0.2, 0) is 7.05 Å². The molecule has 2 heteroatoms. The van der Waals surface area contributed by atoms with Crippen LogP contribution in [0.2, 0.25) is 0 Å². The second-order valence-corrected chi connectivity index (χ2v) is 2.90. The fourth-order valence-corrected chi connectivity index (χ4v) is 1.01. The zero-order chi connectivity index (χ0) is 6.97. The van der Waals surface area contributed by atoms with E-state index in [1.54, 1.807) is 0 Å². The molecule has 1 heterocycles. The van der Waals surface area contributed by atoms with Crippen molar-refractivity contribution in [3.8, 4) is 0 Å². The monoisotopic (exact) mass is 135 g/mol. The molecule has 0 amide bonds. The lowest BCUT2D eigenvalue weighted by atomic mass is 10.3. The topological polar surface area (TPSA) is 17.8 Å². The van der Waals surface area contributed by atoms with Gasteiger partial charge in [-0.1, -0.05) is 0 Å². The van der Waals surface area contributed by atoms with Gasteiger partial charge in [-0.05, 0) is 18.8 Å². The van der Waals surface area contributed by atoms with Gasteiger partial charge >= 0.3 is 0 Å². The molecule has 0 saturated heterocycles. The molecule has 0 spiro atoms. The highest BCUT2D eigenvalue weighted by Gasteiger charge is 2.23. The lowest BCUT2D eigenvalue weighted by Gasteiger charge is -1.96. The van der Waals surface area contributed by atoms with Crippen LogP contribution in [0.5, 0.6) is 0 Å². The van der Waals surface area contributed by atoms with Gasteiger partial charge in [-0.25, -0.2) is 4.98 Å². The van der Waals surface area contributed by atoms with Crippen molar-refractivity contribution in [3.63, 3.8) is 0 Å². The number of hydrogen-bond donors (Lipinski definition) is 0. The lowest BCUT2D eigenvalue weighted by molar-refractivity contribution is 0.829. The quantitative estimate of drug-likeness (QED) is 0.599. The first-order valence-corrected chi connectivity index (χ1v) is 3.68. The fourth-order valence-electron chi connectivity index (χ4n) is 1.01. The number of aromatic nitrogens is 2. The van der Waals surface area contributed by atoms with E-state index in [0.29, 0.717) is 0 Å². The minimum absolute atomic E-state index is 0.820. The second kappa shape index (κ2) is 2.11. The largest absolute Gasteiger partial charge is 0.338 e. The van der Waals surface area contributed by atoms with E-state index in [1.165, 1.54) is 12.8 Å². The highest BCUT2D eigenvalue weighted by Crippen LogP contribution is 2.33. The van der Waals surface area contributed by atoms with Crippen LogP contribution in [0.15, 0.2) is 12.4 Å². The van der Waals surface area contributed by atoms with Crippen LogP contribution in [0.1, 0.15) is 18.7 Å². The maximum Gasteiger partial charge on any atom is 0.112 e. The Kier molecular flexibility index (Phi) is 1.26. The molecular formula is C8H11N2. The minimum atomic E-state index is 0.820. The number of hydrogen-bond acceptors (Lipinski definition) is 1. The third-order valence-corrected chi connectivity index (χ3v) is 1.87. The average molecular weight is 135 g/mol. The van der Waals surface area contributed by atoms with Gasteiger partial charge in [0.15, 0.2) is 0 Å². The summed E-state index contributed by atoms with van der Waals surface area (Å²) in [7, 11) is 2.03. The van der Waals surface area contributed by atoms with Crippen molar-refractivity contribution in [3.05, 3.63) is 24.6 Å². The summed E-state index contributed by atoms with van der Waals surface area (Å²) in [5.41, 5.74) is 0. The first-order chi connectivity index (χ1) is 4.86. The lowest BCUT2D eigenvalue weighted by Crippen LogP contribution is -1.95. The Morgan fingerprint density at radius 3 is 3.00 bits per heavy atom. The summed E-state index contributed by atoms with van der Waals surface area (Å²) in [6.07, 6.45) is 8.78. The van der Waals surface area contributed by atoms with Crippen molar-refractivity contribution in [2.75, 3.05) is 0 Å². The van der Waals surface area contributed by atoms with Crippen LogP contribution >= 0.6 is 0 Å². The van der Waals surface area contributed by atoms with Gasteiger partial charge in [0.2, 0.25) is 0 Å². The van der Waals surface area contributed by atoms with Gasteiger partial charge in [-0.2, -0.15) is 0 Å². The predicted octanol–water partition coefficient (Wildman–Crippen LogP) is 1.38. The van der Waals surface area contributed by atoms with Crippen molar-refractivity contribution in [2.24, 2.45) is 13.0 Å². The third kappa shape index (κ3) is 1.06. The van der Waals surface area contributed by atoms with E-state index >= 15 is 0 Å². The Morgan fingerprint density at radius 1 is 1.70 bits per heavy atom. The molecule has 0 N–H and O–H groups in total. The molecule has 53 valence electrons. The van der Waals surface area contributed by atoms with Crippen molar-refractivity contribution in [1.29, 1.82) is 0 Å². The van der Waals surface area contributed by atoms with E-state index in [2.05, 4.69) is 16.0 Å². The van der Waals surface area contributed by atoms with Crippen LogP contribution in [0.4, 0.5) is 0 Å². The summed E-state index contributed by atoms with van der Waals surface area (Å²) in [6.45, 7) is 0. The fraction of sp³-hybridized carbons (Fsp3) is 0.500. The van der Waals surface area contributed by atoms with Gasteiger partial charge in [0.25, 0.3) is 0 Å². The molecule has 0 bridgehead atoms. The molecule has 1 aromatic heterocycles. The smallest absolute Gasteiger partial charge is 0.112 e. The van der Waals surface area contributed by atoms with E-state index in [9.17, 15) is 0 Å². The second-order valence-electron chi connectivity index (χ2n) is 2.90. The van der Waals surface area contributed by atoms with Gasteiger partial charge in [0.05, 0.1) is 0 Å². The highest BCUT2D eigenvalue weighted by atomic mass is 15.0. The number of rotatable bonds is 2. The highest BCUT2D eigenvalue weighted by molar-refractivity contribution is 5.09. The molecule has 1 radical (unpaired) electrons. The van der Waals surface area contributed by atoms with Crippen LogP contribution in [0.3, 0.4) is 0 Å². The zero-order valence-corrected chi connectivity index (χ0v) is 6.12. The van der Waals surface area contributed by atoms with Crippen LogP contribution in [0, 0.1) is 12.3 Å². The molecule has 0 unspecified atom stereocenters. The summed E-state index contributed by atoms with van der Waals surface area (Å²) >= 11 is 0. The van der Waals surface area contributed by atoms with Gasteiger partial charge < -0.3 is 4.57 Å². The normalized spacial score (nSPS) is 17.7. The first-order valence-electron chi connectivity index (χ1n) is 3.68. The van der Waals surface area contributed by atoms with E-state index in [1.807, 2.05) is 19.4 Å². The molecule has 0 aliphatic heterocycles. The zero-order valence-electron chi connectivity index (χ0n) is 6.12. The number of nitrogens with zero attached hydrogens (tertiary/aromatic N) is 2. The summed E-state index contributed by atoms with van der Waals surface area (Å²) < 4.78 is 2.05. The number of aryl methyl sites for hydroxylation is 1. The SMILES string of the molecule is Cn1ccnc1[CH]C1CC1. The molecule has 1 aliphatic rings.